The highest BCUT2D eigenvalue weighted by Gasteiger charge is 2.18. The number of methoxy groups -OCH3 is 1. The number of ether oxygens (including phenoxy) is 2. The summed E-state index contributed by atoms with van der Waals surface area (Å²) in [4.78, 5) is 24.6. The van der Waals surface area contributed by atoms with Gasteiger partial charge in [-0.05, 0) is 44.0 Å². The number of rotatable bonds is 6. The number of hydrogen-bond acceptors (Lipinski definition) is 4. The van der Waals surface area contributed by atoms with Crippen molar-refractivity contribution in [2.24, 2.45) is 0 Å². The molecule has 2 aromatic rings. The Hall–Kier alpha value is -2.86. The van der Waals surface area contributed by atoms with Crippen LogP contribution in [0.25, 0.3) is 0 Å². The molecular weight excluding hydrogens is 332 g/mol. The zero-order valence-electron chi connectivity index (χ0n) is 15.5. The highest BCUT2D eigenvalue weighted by molar-refractivity contribution is 6.44. The number of hydrogen-bond donors (Lipinski definition) is 2. The van der Waals surface area contributed by atoms with Crippen LogP contribution < -0.4 is 15.4 Å². The number of amides is 2. The Morgan fingerprint density at radius 2 is 1.54 bits per heavy atom. The fourth-order valence-electron chi connectivity index (χ4n) is 2.66. The van der Waals surface area contributed by atoms with Crippen molar-refractivity contribution in [1.29, 1.82) is 0 Å². The molecule has 0 aromatic heterocycles. The number of benzene rings is 2. The molecule has 0 spiro atoms. The average Bonchev–Trinajstić information content (AvgIpc) is 2.59. The molecule has 2 rings (SSSR count). The van der Waals surface area contributed by atoms with Crippen LogP contribution in [0.2, 0.25) is 0 Å². The molecule has 138 valence electrons. The van der Waals surface area contributed by atoms with E-state index < -0.39 is 11.8 Å². The van der Waals surface area contributed by atoms with E-state index in [0.29, 0.717) is 30.3 Å². The van der Waals surface area contributed by atoms with Crippen molar-refractivity contribution in [2.45, 2.75) is 20.8 Å². The zero-order valence-corrected chi connectivity index (χ0v) is 15.5. The first kappa shape index (κ1) is 19.5. The predicted octanol–water partition coefficient (Wildman–Crippen LogP) is 3.21. The molecule has 6 heteroatoms. The monoisotopic (exact) mass is 356 g/mol. The van der Waals surface area contributed by atoms with E-state index in [1.54, 1.807) is 31.4 Å². The molecule has 0 heterocycles. The van der Waals surface area contributed by atoms with Crippen molar-refractivity contribution in [3.05, 3.63) is 53.1 Å². The molecule has 0 aliphatic carbocycles. The van der Waals surface area contributed by atoms with E-state index in [1.165, 1.54) is 0 Å². The van der Waals surface area contributed by atoms with E-state index in [4.69, 9.17) is 9.47 Å². The topological polar surface area (TPSA) is 76.7 Å². The summed E-state index contributed by atoms with van der Waals surface area (Å²) in [6.07, 6.45) is 0. The lowest BCUT2D eigenvalue weighted by Crippen LogP contribution is -2.29. The second kappa shape index (κ2) is 9.01. The summed E-state index contributed by atoms with van der Waals surface area (Å²) < 4.78 is 10.5. The largest absolute Gasteiger partial charge is 0.489 e. The van der Waals surface area contributed by atoms with Gasteiger partial charge in [0.05, 0.1) is 12.3 Å². The molecule has 0 fully saturated rings. The number of carbonyl (C=O) groups is 2. The van der Waals surface area contributed by atoms with E-state index >= 15 is 0 Å². The lowest BCUT2D eigenvalue weighted by atomic mass is 10.1. The number of para-hydroxylation sites is 2. The maximum atomic E-state index is 12.3. The predicted molar refractivity (Wildman–Crippen MR) is 102 cm³/mol. The SMILES string of the molecule is COCCOc1ccccc1NC(=O)C(=O)Nc1c(C)cc(C)cc1C. The molecule has 0 radical (unpaired) electrons. The van der Waals surface area contributed by atoms with E-state index in [-0.39, 0.29) is 0 Å². The van der Waals surface area contributed by atoms with Crippen LogP contribution in [0.15, 0.2) is 36.4 Å². The molecule has 2 amide bonds. The molecule has 0 aliphatic rings. The number of nitrogens with one attached hydrogen (secondary N) is 2. The molecule has 2 N–H and O–H groups in total. The first-order chi connectivity index (χ1) is 12.4. The fraction of sp³-hybridized carbons (Fsp3) is 0.300. The minimum absolute atomic E-state index is 0.345. The maximum absolute atomic E-state index is 12.3. The van der Waals surface area contributed by atoms with Crippen LogP contribution in [0.3, 0.4) is 0 Å². The fourth-order valence-corrected chi connectivity index (χ4v) is 2.66. The van der Waals surface area contributed by atoms with Crippen molar-refractivity contribution in [3.8, 4) is 5.75 Å². The Bertz CT molecular complexity index is 779. The van der Waals surface area contributed by atoms with Crippen LogP contribution in [0, 0.1) is 20.8 Å². The van der Waals surface area contributed by atoms with Crippen LogP contribution in [-0.4, -0.2) is 32.1 Å². The lowest BCUT2D eigenvalue weighted by Gasteiger charge is -2.14. The Balaban J connectivity index is 2.07. The van der Waals surface area contributed by atoms with E-state index in [1.807, 2.05) is 32.9 Å². The summed E-state index contributed by atoms with van der Waals surface area (Å²) in [6.45, 7) is 6.55. The number of aryl methyl sites for hydroxylation is 3. The third kappa shape index (κ3) is 5.07. The van der Waals surface area contributed by atoms with Crippen molar-refractivity contribution in [3.63, 3.8) is 0 Å². The van der Waals surface area contributed by atoms with Gasteiger partial charge in [0.2, 0.25) is 0 Å². The lowest BCUT2D eigenvalue weighted by molar-refractivity contribution is -0.133. The van der Waals surface area contributed by atoms with Gasteiger partial charge in [-0.3, -0.25) is 9.59 Å². The number of anilines is 2. The summed E-state index contributed by atoms with van der Waals surface area (Å²) in [6, 6.07) is 10.9. The summed E-state index contributed by atoms with van der Waals surface area (Å²) in [5.74, 6) is -1.01. The molecule has 0 unspecified atom stereocenters. The normalized spacial score (nSPS) is 10.3. The average molecular weight is 356 g/mol. The molecular formula is C20H24N2O4. The number of carbonyl (C=O) groups excluding carboxylic acids is 2. The molecule has 0 aliphatic heterocycles. The molecule has 0 saturated heterocycles. The van der Waals surface area contributed by atoms with Gasteiger partial charge >= 0.3 is 11.8 Å². The standard InChI is InChI=1S/C20H24N2O4/c1-13-11-14(2)18(15(3)12-13)22-20(24)19(23)21-16-7-5-6-8-17(16)26-10-9-25-4/h5-8,11-12H,9-10H2,1-4H3,(H,21,23)(H,22,24). The second-order valence-corrected chi connectivity index (χ2v) is 6.02. The van der Waals surface area contributed by atoms with Crippen molar-refractivity contribution in [2.75, 3.05) is 31.0 Å². The Morgan fingerprint density at radius 3 is 2.19 bits per heavy atom. The van der Waals surface area contributed by atoms with Gasteiger partial charge in [0.25, 0.3) is 0 Å². The minimum atomic E-state index is -0.757. The Kier molecular flexibility index (Phi) is 6.74. The van der Waals surface area contributed by atoms with Gasteiger partial charge in [-0.2, -0.15) is 0 Å². The molecule has 0 atom stereocenters. The summed E-state index contributed by atoms with van der Waals surface area (Å²) >= 11 is 0. The Labute approximate surface area is 153 Å². The molecule has 2 aromatic carbocycles. The highest BCUT2D eigenvalue weighted by Crippen LogP contribution is 2.24. The van der Waals surface area contributed by atoms with Gasteiger partial charge in [0.15, 0.2) is 0 Å². The molecule has 0 saturated carbocycles. The summed E-state index contributed by atoms with van der Waals surface area (Å²) in [5.41, 5.74) is 4.00. The third-order valence-corrected chi connectivity index (χ3v) is 3.80. The Morgan fingerprint density at radius 1 is 0.923 bits per heavy atom. The molecule has 0 bridgehead atoms. The van der Waals surface area contributed by atoms with E-state index in [2.05, 4.69) is 10.6 Å². The first-order valence-electron chi connectivity index (χ1n) is 8.33. The van der Waals surface area contributed by atoms with Crippen LogP contribution in [0.5, 0.6) is 5.75 Å². The van der Waals surface area contributed by atoms with Gasteiger partial charge < -0.3 is 20.1 Å². The smallest absolute Gasteiger partial charge is 0.314 e. The van der Waals surface area contributed by atoms with Gasteiger partial charge in [-0.25, -0.2) is 0 Å². The quantitative estimate of drug-likeness (QED) is 0.615. The minimum Gasteiger partial charge on any atom is -0.489 e. The summed E-state index contributed by atoms with van der Waals surface area (Å²) in [7, 11) is 1.58. The van der Waals surface area contributed by atoms with Crippen molar-refractivity contribution < 1.29 is 19.1 Å². The van der Waals surface area contributed by atoms with Crippen LogP contribution in [0.1, 0.15) is 16.7 Å². The van der Waals surface area contributed by atoms with Gasteiger partial charge in [0.1, 0.15) is 12.4 Å². The van der Waals surface area contributed by atoms with Crippen LogP contribution >= 0.6 is 0 Å². The third-order valence-electron chi connectivity index (χ3n) is 3.80. The van der Waals surface area contributed by atoms with E-state index in [0.717, 1.165) is 16.7 Å². The molecule has 6 nitrogen and oxygen atoms in total. The summed E-state index contributed by atoms with van der Waals surface area (Å²) in [5, 5.41) is 5.28. The van der Waals surface area contributed by atoms with Gasteiger partial charge in [-0.15, -0.1) is 0 Å². The van der Waals surface area contributed by atoms with Crippen molar-refractivity contribution in [1.82, 2.24) is 0 Å². The van der Waals surface area contributed by atoms with Crippen molar-refractivity contribution >= 4 is 23.2 Å². The molecule has 26 heavy (non-hydrogen) atoms. The zero-order chi connectivity index (χ0) is 19.1. The first-order valence-corrected chi connectivity index (χ1v) is 8.33. The second-order valence-electron chi connectivity index (χ2n) is 6.02. The van der Waals surface area contributed by atoms with Crippen LogP contribution in [0.4, 0.5) is 11.4 Å². The maximum Gasteiger partial charge on any atom is 0.314 e. The van der Waals surface area contributed by atoms with Crippen LogP contribution in [-0.2, 0) is 14.3 Å². The van der Waals surface area contributed by atoms with E-state index in [9.17, 15) is 9.59 Å². The van der Waals surface area contributed by atoms with Gasteiger partial charge in [-0.1, -0.05) is 29.8 Å². The van der Waals surface area contributed by atoms with Gasteiger partial charge in [0, 0.05) is 12.8 Å². The highest BCUT2D eigenvalue weighted by atomic mass is 16.5.